The Morgan fingerprint density at radius 3 is 1.95 bits per heavy atom. The molecule has 3 aromatic rings. The SMILES string of the molecule is CCCCNC(=O)[C@@H](Cc1ccccc1)N(Cc1ccccc1)C(=O)CCCN1C(=O)c2ccccc2C1=O. The molecule has 0 radical (unpaired) electrons. The Morgan fingerprint density at radius 1 is 0.795 bits per heavy atom. The summed E-state index contributed by atoms with van der Waals surface area (Å²) in [6.07, 6.45) is 2.61. The van der Waals surface area contributed by atoms with Gasteiger partial charge >= 0.3 is 0 Å². The fraction of sp³-hybridized carbons (Fsp3) is 0.312. The van der Waals surface area contributed by atoms with Crippen molar-refractivity contribution in [2.75, 3.05) is 13.1 Å². The molecule has 0 aliphatic carbocycles. The average Bonchev–Trinajstić information content (AvgIpc) is 3.21. The molecule has 4 amide bonds. The summed E-state index contributed by atoms with van der Waals surface area (Å²) < 4.78 is 0. The van der Waals surface area contributed by atoms with Crippen LogP contribution < -0.4 is 5.32 Å². The molecule has 3 aromatic carbocycles. The Morgan fingerprint density at radius 2 is 1.36 bits per heavy atom. The fourth-order valence-electron chi connectivity index (χ4n) is 4.81. The Labute approximate surface area is 229 Å². The standard InChI is InChI=1S/C32H35N3O4/c1-2-3-20-33-30(37)28(22-24-13-6-4-7-14-24)35(23-25-15-8-5-9-16-25)29(36)19-12-21-34-31(38)26-17-10-11-18-27(26)32(34)39/h4-11,13-18,28H,2-3,12,19-23H2,1H3,(H,33,37)/t28-/m1/s1. The summed E-state index contributed by atoms with van der Waals surface area (Å²) >= 11 is 0. The number of carbonyl (C=O) groups excluding carboxylic acids is 4. The molecule has 0 saturated carbocycles. The minimum atomic E-state index is -0.698. The third-order valence-electron chi connectivity index (χ3n) is 6.95. The minimum Gasteiger partial charge on any atom is -0.354 e. The minimum absolute atomic E-state index is 0.105. The van der Waals surface area contributed by atoms with Gasteiger partial charge in [-0.2, -0.15) is 0 Å². The largest absolute Gasteiger partial charge is 0.354 e. The molecule has 0 aromatic heterocycles. The van der Waals surface area contributed by atoms with E-state index in [1.807, 2.05) is 60.7 Å². The van der Waals surface area contributed by atoms with Crippen molar-refractivity contribution in [2.24, 2.45) is 0 Å². The van der Waals surface area contributed by atoms with E-state index in [9.17, 15) is 19.2 Å². The van der Waals surface area contributed by atoms with Crippen LogP contribution >= 0.6 is 0 Å². The van der Waals surface area contributed by atoms with E-state index in [0.29, 0.717) is 30.5 Å². The zero-order valence-electron chi connectivity index (χ0n) is 22.3. The highest BCUT2D eigenvalue weighted by Gasteiger charge is 2.35. The molecule has 0 bridgehead atoms. The first kappa shape index (κ1) is 27.8. The maximum atomic E-state index is 13.7. The van der Waals surface area contributed by atoms with Gasteiger partial charge in [-0.05, 0) is 36.1 Å². The molecule has 39 heavy (non-hydrogen) atoms. The molecular weight excluding hydrogens is 490 g/mol. The van der Waals surface area contributed by atoms with Gasteiger partial charge in [0.2, 0.25) is 11.8 Å². The molecular formula is C32H35N3O4. The van der Waals surface area contributed by atoms with Crippen LogP contribution in [-0.2, 0) is 22.6 Å². The fourth-order valence-corrected chi connectivity index (χ4v) is 4.81. The van der Waals surface area contributed by atoms with Crippen molar-refractivity contribution < 1.29 is 19.2 Å². The predicted molar refractivity (Wildman–Crippen MR) is 150 cm³/mol. The number of amides is 4. The lowest BCUT2D eigenvalue weighted by atomic mass is 10.0. The van der Waals surface area contributed by atoms with E-state index in [0.717, 1.165) is 24.0 Å². The number of carbonyl (C=O) groups is 4. The van der Waals surface area contributed by atoms with E-state index in [4.69, 9.17) is 0 Å². The molecule has 0 spiro atoms. The lowest BCUT2D eigenvalue weighted by Gasteiger charge is -2.32. The van der Waals surface area contributed by atoms with Gasteiger partial charge in [0, 0.05) is 32.5 Å². The maximum absolute atomic E-state index is 13.7. The van der Waals surface area contributed by atoms with E-state index < -0.39 is 6.04 Å². The Hall–Kier alpha value is -4.26. The predicted octanol–water partition coefficient (Wildman–Crippen LogP) is 4.62. The molecule has 1 N–H and O–H groups in total. The van der Waals surface area contributed by atoms with Gasteiger partial charge in [0.05, 0.1) is 11.1 Å². The van der Waals surface area contributed by atoms with Crippen LogP contribution in [0.15, 0.2) is 84.9 Å². The van der Waals surface area contributed by atoms with Crippen LogP contribution in [0.3, 0.4) is 0 Å². The van der Waals surface area contributed by atoms with Crippen molar-refractivity contribution in [1.29, 1.82) is 0 Å². The van der Waals surface area contributed by atoms with Gasteiger partial charge in [-0.3, -0.25) is 24.1 Å². The summed E-state index contributed by atoms with van der Waals surface area (Å²) in [5, 5.41) is 3.02. The smallest absolute Gasteiger partial charge is 0.261 e. The quantitative estimate of drug-likeness (QED) is 0.261. The van der Waals surface area contributed by atoms with Crippen LogP contribution in [0.1, 0.15) is 64.4 Å². The maximum Gasteiger partial charge on any atom is 0.261 e. The number of rotatable bonds is 13. The van der Waals surface area contributed by atoms with Crippen LogP contribution in [-0.4, -0.2) is 52.6 Å². The highest BCUT2D eigenvalue weighted by molar-refractivity contribution is 6.21. The normalized spacial score (nSPS) is 13.2. The number of imide groups is 1. The number of nitrogens with zero attached hydrogens (tertiary/aromatic N) is 2. The van der Waals surface area contributed by atoms with Gasteiger partial charge in [0.25, 0.3) is 11.8 Å². The molecule has 7 nitrogen and oxygen atoms in total. The molecule has 1 aliphatic heterocycles. The van der Waals surface area contributed by atoms with Crippen LogP contribution in [0, 0.1) is 0 Å². The number of fused-ring (bicyclic) bond motifs is 1. The second-order valence-corrected chi connectivity index (χ2v) is 9.77. The third kappa shape index (κ3) is 6.99. The first-order valence-electron chi connectivity index (χ1n) is 13.6. The van der Waals surface area contributed by atoms with Gasteiger partial charge in [0.1, 0.15) is 6.04 Å². The first-order chi connectivity index (χ1) is 19.0. The third-order valence-corrected chi connectivity index (χ3v) is 6.95. The van der Waals surface area contributed by atoms with Crippen LogP contribution in [0.2, 0.25) is 0 Å². The zero-order chi connectivity index (χ0) is 27.6. The van der Waals surface area contributed by atoms with Crippen LogP contribution in [0.25, 0.3) is 0 Å². The van der Waals surface area contributed by atoms with E-state index in [-0.39, 0.29) is 43.1 Å². The first-order valence-corrected chi connectivity index (χ1v) is 13.6. The number of benzene rings is 3. The van der Waals surface area contributed by atoms with E-state index in [2.05, 4.69) is 12.2 Å². The van der Waals surface area contributed by atoms with Crippen molar-refractivity contribution in [2.45, 2.75) is 51.6 Å². The second kappa shape index (κ2) is 13.5. The van der Waals surface area contributed by atoms with Crippen molar-refractivity contribution in [3.63, 3.8) is 0 Å². The molecule has 0 fully saturated rings. The molecule has 1 heterocycles. The van der Waals surface area contributed by atoms with Crippen molar-refractivity contribution in [1.82, 2.24) is 15.1 Å². The molecule has 7 heteroatoms. The molecule has 202 valence electrons. The van der Waals surface area contributed by atoms with Gasteiger partial charge in [-0.1, -0.05) is 86.1 Å². The van der Waals surface area contributed by atoms with Gasteiger partial charge in [-0.25, -0.2) is 0 Å². The molecule has 1 atom stereocenters. The number of unbranched alkanes of at least 4 members (excludes halogenated alkanes) is 1. The molecule has 0 unspecified atom stereocenters. The van der Waals surface area contributed by atoms with Crippen LogP contribution in [0.5, 0.6) is 0 Å². The summed E-state index contributed by atoms with van der Waals surface area (Å²) in [5.41, 5.74) is 2.67. The van der Waals surface area contributed by atoms with Crippen molar-refractivity contribution in [3.05, 3.63) is 107 Å². The summed E-state index contributed by atoms with van der Waals surface area (Å²) in [6.45, 7) is 3.04. The number of hydrogen-bond donors (Lipinski definition) is 1. The lowest BCUT2D eigenvalue weighted by molar-refractivity contribution is -0.141. The van der Waals surface area contributed by atoms with Gasteiger partial charge in [0.15, 0.2) is 0 Å². The van der Waals surface area contributed by atoms with E-state index >= 15 is 0 Å². The van der Waals surface area contributed by atoms with Gasteiger partial charge < -0.3 is 10.2 Å². The van der Waals surface area contributed by atoms with Crippen molar-refractivity contribution >= 4 is 23.6 Å². The van der Waals surface area contributed by atoms with E-state index in [1.165, 1.54) is 4.90 Å². The second-order valence-electron chi connectivity index (χ2n) is 9.77. The Balaban J connectivity index is 1.51. The highest BCUT2D eigenvalue weighted by Crippen LogP contribution is 2.23. The van der Waals surface area contributed by atoms with Crippen molar-refractivity contribution in [3.8, 4) is 0 Å². The summed E-state index contributed by atoms with van der Waals surface area (Å²) in [6, 6.07) is 25.4. The zero-order valence-corrected chi connectivity index (χ0v) is 22.3. The molecule has 0 saturated heterocycles. The van der Waals surface area contributed by atoms with Crippen LogP contribution in [0.4, 0.5) is 0 Å². The number of hydrogen-bond acceptors (Lipinski definition) is 4. The molecule has 4 rings (SSSR count). The molecule has 1 aliphatic rings. The highest BCUT2D eigenvalue weighted by atomic mass is 16.2. The monoisotopic (exact) mass is 525 g/mol. The Kier molecular flexibility index (Phi) is 9.62. The van der Waals surface area contributed by atoms with Gasteiger partial charge in [-0.15, -0.1) is 0 Å². The average molecular weight is 526 g/mol. The summed E-state index contributed by atoms with van der Waals surface area (Å²) in [4.78, 5) is 55.5. The summed E-state index contributed by atoms with van der Waals surface area (Å²) in [7, 11) is 0. The summed E-state index contributed by atoms with van der Waals surface area (Å²) in [5.74, 6) is -1.04. The van der Waals surface area contributed by atoms with E-state index in [1.54, 1.807) is 29.2 Å². The topological polar surface area (TPSA) is 86.8 Å². The lowest BCUT2D eigenvalue weighted by Crippen LogP contribution is -2.50. The Bertz CT molecular complexity index is 1260. The number of nitrogens with one attached hydrogen (secondary N) is 1.